The molecule has 0 radical (unpaired) electrons. The maximum Gasteiger partial charge on any atom is 0.516 e. The van der Waals surface area contributed by atoms with Crippen molar-refractivity contribution in [1.29, 1.82) is 0 Å². The van der Waals surface area contributed by atoms with Gasteiger partial charge in [0.05, 0.1) is 0 Å². The summed E-state index contributed by atoms with van der Waals surface area (Å²) in [6, 6.07) is 0. The van der Waals surface area contributed by atoms with Crippen LogP contribution in [0.2, 0.25) is 0 Å². The molecule has 18 heavy (non-hydrogen) atoms. The maximum absolute atomic E-state index is 12.1. The van der Waals surface area contributed by atoms with Gasteiger partial charge in [-0.15, -0.1) is 0 Å². The van der Waals surface area contributed by atoms with Gasteiger partial charge >= 0.3 is 15.5 Å². The zero-order valence-corrected chi connectivity index (χ0v) is 10.1. The fourth-order valence-corrected chi connectivity index (χ4v) is 2.26. The molecule has 6 nitrogen and oxygen atoms in total. The van der Waals surface area contributed by atoms with E-state index in [1.54, 1.807) is 6.92 Å². The predicted molar refractivity (Wildman–Crippen MR) is 53.4 cm³/mol. The molecule has 2 atom stereocenters. The van der Waals surface area contributed by atoms with Gasteiger partial charge in [-0.25, -0.2) is 4.72 Å². The first-order chi connectivity index (χ1) is 8.10. The molecule has 0 bridgehead atoms. The van der Waals surface area contributed by atoms with Gasteiger partial charge in [-0.2, -0.15) is 21.6 Å². The minimum Gasteiger partial charge on any atom is -0.344 e. The van der Waals surface area contributed by atoms with Crippen molar-refractivity contribution in [3.8, 4) is 0 Å². The lowest BCUT2D eigenvalue weighted by Crippen LogP contribution is -2.52. The van der Waals surface area contributed by atoms with Crippen molar-refractivity contribution in [2.45, 2.75) is 30.8 Å². The number of alkyl halides is 3. The number of carbonyl (C=O) groups excluding carboxylic acids is 2. The highest BCUT2D eigenvalue weighted by molar-refractivity contribution is 7.90. The van der Waals surface area contributed by atoms with Crippen molar-refractivity contribution < 1.29 is 31.2 Å². The van der Waals surface area contributed by atoms with Crippen molar-refractivity contribution >= 4 is 22.3 Å². The molecule has 10 heteroatoms. The highest BCUT2D eigenvalue weighted by atomic mass is 32.2. The molecule has 1 rings (SSSR count). The van der Waals surface area contributed by atoms with E-state index in [1.807, 2.05) is 0 Å². The molecule has 0 aromatic heterocycles. The molecule has 2 amide bonds. The van der Waals surface area contributed by atoms with E-state index in [0.717, 1.165) is 4.72 Å². The second kappa shape index (κ2) is 4.41. The van der Waals surface area contributed by atoms with Crippen molar-refractivity contribution in [3.63, 3.8) is 0 Å². The van der Waals surface area contributed by atoms with E-state index in [9.17, 15) is 31.2 Å². The highest BCUT2D eigenvalue weighted by Crippen LogP contribution is 2.46. The van der Waals surface area contributed by atoms with Crippen LogP contribution in [0.5, 0.6) is 0 Å². The highest BCUT2D eigenvalue weighted by Gasteiger charge is 2.61. The summed E-state index contributed by atoms with van der Waals surface area (Å²) in [5.41, 5.74) is -7.11. The average molecular weight is 288 g/mol. The Morgan fingerprint density at radius 3 is 2.39 bits per heavy atom. The van der Waals surface area contributed by atoms with Gasteiger partial charge in [0.2, 0.25) is 6.41 Å². The number of hydrogen-bond acceptors (Lipinski definition) is 4. The van der Waals surface area contributed by atoms with Crippen LogP contribution in [0.1, 0.15) is 19.8 Å². The average Bonchev–Trinajstić information content (AvgIpc) is 2.91. The second-order valence-electron chi connectivity index (χ2n) is 3.92. The van der Waals surface area contributed by atoms with Gasteiger partial charge in [-0.05, 0) is 12.3 Å². The van der Waals surface area contributed by atoms with Crippen LogP contribution in [-0.4, -0.2) is 31.8 Å². The molecular weight excluding hydrogens is 277 g/mol. The van der Waals surface area contributed by atoms with Gasteiger partial charge in [-0.1, -0.05) is 13.3 Å². The molecule has 1 aliphatic rings. The minimum absolute atomic E-state index is 0.113. The third kappa shape index (κ3) is 2.42. The lowest BCUT2D eigenvalue weighted by molar-refractivity contribution is -0.125. The molecule has 1 fully saturated rings. The number of sulfonamides is 1. The first kappa shape index (κ1) is 14.7. The number of amides is 2. The summed E-state index contributed by atoms with van der Waals surface area (Å²) in [5, 5.41) is 2.08. The van der Waals surface area contributed by atoms with Gasteiger partial charge in [0.15, 0.2) is 0 Å². The molecule has 104 valence electrons. The zero-order valence-electron chi connectivity index (χ0n) is 9.24. The molecule has 0 aromatic rings. The summed E-state index contributed by atoms with van der Waals surface area (Å²) in [6.45, 7) is 1.67. The van der Waals surface area contributed by atoms with E-state index in [1.165, 1.54) is 0 Å². The molecule has 0 aromatic carbocycles. The summed E-state index contributed by atoms with van der Waals surface area (Å²) in [5.74, 6) is -1.73. The summed E-state index contributed by atoms with van der Waals surface area (Å²) >= 11 is 0. The van der Waals surface area contributed by atoms with Crippen LogP contribution in [0.15, 0.2) is 0 Å². The van der Waals surface area contributed by atoms with Crippen LogP contribution in [0, 0.1) is 5.92 Å². The Morgan fingerprint density at radius 2 is 2.06 bits per heavy atom. The van der Waals surface area contributed by atoms with Crippen LogP contribution in [0.4, 0.5) is 13.2 Å². The molecule has 0 aliphatic heterocycles. The van der Waals surface area contributed by atoms with E-state index in [4.69, 9.17) is 0 Å². The van der Waals surface area contributed by atoms with Crippen molar-refractivity contribution in [2.75, 3.05) is 0 Å². The predicted octanol–water partition coefficient (Wildman–Crippen LogP) is -0.133. The molecular formula is C8H11F3N2O4S. The molecule has 2 unspecified atom stereocenters. The van der Waals surface area contributed by atoms with Gasteiger partial charge in [0.1, 0.15) is 5.54 Å². The molecule has 0 heterocycles. The molecule has 1 aliphatic carbocycles. The van der Waals surface area contributed by atoms with Crippen LogP contribution < -0.4 is 10.0 Å². The van der Waals surface area contributed by atoms with Crippen molar-refractivity contribution in [2.24, 2.45) is 5.92 Å². The summed E-state index contributed by atoms with van der Waals surface area (Å²) in [7, 11) is -5.75. The fourth-order valence-electron chi connectivity index (χ4n) is 1.72. The van der Waals surface area contributed by atoms with E-state index in [-0.39, 0.29) is 18.7 Å². The Morgan fingerprint density at radius 1 is 1.50 bits per heavy atom. The first-order valence-corrected chi connectivity index (χ1v) is 6.44. The quantitative estimate of drug-likeness (QED) is 0.689. The Balaban J connectivity index is 2.87. The third-order valence-electron chi connectivity index (χ3n) is 2.85. The molecule has 0 saturated heterocycles. The molecule has 2 N–H and O–H groups in total. The van der Waals surface area contributed by atoms with Gasteiger partial charge in [0.25, 0.3) is 5.91 Å². The summed E-state index contributed by atoms with van der Waals surface area (Å²) in [6.07, 6.45) is 0.706. The second-order valence-corrected chi connectivity index (χ2v) is 5.60. The summed E-state index contributed by atoms with van der Waals surface area (Å²) in [4.78, 5) is 21.9. The third-order valence-corrected chi connectivity index (χ3v) is 3.91. The molecule has 1 saturated carbocycles. The first-order valence-electron chi connectivity index (χ1n) is 4.95. The monoisotopic (exact) mass is 288 g/mol. The van der Waals surface area contributed by atoms with E-state index < -0.39 is 27.0 Å². The normalized spacial score (nSPS) is 27.4. The lowest BCUT2D eigenvalue weighted by atomic mass is 10.1. The number of nitrogens with one attached hydrogen (secondary N) is 2. The minimum atomic E-state index is -5.75. The van der Waals surface area contributed by atoms with Crippen LogP contribution >= 0.6 is 0 Å². The maximum atomic E-state index is 12.1. The summed E-state index contributed by atoms with van der Waals surface area (Å²) < 4.78 is 58.7. The van der Waals surface area contributed by atoms with Crippen molar-refractivity contribution in [3.05, 3.63) is 0 Å². The van der Waals surface area contributed by atoms with E-state index in [0.29, 0.717) is 6.42 Å². The Bertz CT molecular complexity index is 461. The largest absolute Gasteiger partial charge is 0.516 e. The topological polar surface area (TPSA) is 92.3 Å². The smallest absolute Gasteiger partial charge is 0.344 e. The van der Waals surface area contributed by atoms with E-state index in [2.05, 4.69) is 5.32 Å². The number of rotatable bonds is 5. The SMILES string of the molecule is CCC1CC1(NC=O)C(=O)NS(=O)(=O)C(F)(F)F. The Hall–Kier alpha value is -1.32. The van der Waals surface area contributed by atoms with Crippen LogP contribution in [-0.2, 0) is 19.6 Å². The Labute approximate surface area is 101 Å². The number of halogens is 3. The molecule has 0 spiro atoms. The number of carbonyl (C=O) groups is 2. The zero-order chi connectivity index (χ0) is 14.2. The van der Waals surface area contributed by atoms with E-state index >= 15 is 0 Å². The Kier molecular flexibility index (Phi) is 3.61. The number of hydrogen-bond donors (Lipinski definition) is 2. The van der Waals surface area contributed by atoms with Crippen LogP contribution in [0.25, 0.3) is 0 Å². The van der Waals surface area contributed by atoms with Gasteiger partial charge in [-0.3, -0.25) is 9.59 Å². The lowest BCUT2D eigenvalue weighted by Gasteiger charge is -2.17. The van der Waals surface area contributed by atoms with Crippen molar-refractivity contribution in [1.82, 2.24) is 10.0 Å². The van der Waals surface area contributed by atoms with Gasteiger partial charge < -0.3 is 5.32 Å². The van der Waals surface area contributed by atoms with Crippen LogP contribution in [0.3, 0.4) is 0 Å². The van der Waals surface area contributed by atoms with Gasteiger partial charge in [0, 0.05) is 0 Å². The standard InChI is InChI=1S/C8H11F3N2O4S/c1-2-5-3-7(5,12-4-14)6(15)13-18(16,17)8(9,10)11/h4-5H,2-3H2,1H3,(H,12,14)(H,13,15). The fraction of sp³-hybridized carbons (Fsp3) is 0.750.